The summed E-state index contributed by atoms with van der Waals surface area (Å²) < 4.78 is 0. The highest BCUT2D eigenvalue weighted by Gasteiger charge is 2.16. The molecule has 16 heavy (non-hydrogen) atoms. The molecule has 1 aliphatic rings. The molecule has 0 radical (unpaired) electrons. The molecule has 0 aromatic rings. The highest BCUT2D eigenvalue weighted by molar-refractivity contribution is 4.73. The number of nitrogens with one attached hydrogen (secondary N) is 1. The number of hydrogen-bond donors (Lipinski definition) is 1. The van der Waals surface area contributed by atoms with Crippen LogP contribution in [0.1, 0.15) is 58.8 Å². The Hall–Kier alpha value is -0.0800. The predicted octanol–water partition coefficient (Wildman–Crippen LogP) is 3.03. The molecule has 1 heterocycles. The Morgan fingerprint density at radius 2 is 2.00 bits per heavy atom. The van der Waals surface area contributed by atoms with Crippen LogP contribution in [0.5, 0.6) is 0 Å². The van der Waals surface area contributed by atoms with Crippen LogP contribution in [-0.2, 0) is 0 Å². The second-order valence-electron chi connectivity index (χ2n) is 5.19. The summed E-state index contributed by atoms with van der Waals surface area (Å²) in [6, 6.07) is 0.815. The van der Waals surface area contributed by atoms with Crippen molar-refractivity contribution >= 4 is 0 Å². The molecule has 1 atom stereocenters. The van der Waals surface area contributed by atoms with Gasteiger partial charge in [-0.1, -0.05) is 32.6 Å². The van der Waals surface area contributed by atoms with Crippen molar-refractivity contribution in [3.8, 4) is 0 Å². The summed E-state index contributed by atoms with van der Waals surface area (Å²) >= 11 is 0. The molecule has 0 amide bonds. The molecule has 0 bridgehead atoms. The molecule has 1 aliphatic heterocycles. The third-order valence-corrected chi connectivity index (χ3v) is 3.72. The number of piperidine rings is 1. The second-order valence-corrected chi connectivity index (χ2v) is 5.19. The van der Waals surface area contributed by atoms with Gasteiger partial charge in [-0.2, -0.15) is 0 Å². The highest BCUT2D eigenvalue weighted by atomic mass is 15.2. The van der Waals surface area contributed by atoms with Crippen molar-refractivity contribution in [3.63, 3.8) is 0 Å². The van der Waals surface area contributed by atoms with Gasteiger partial charge in [0, 0.05) is 19.1 Å². The first-order valence-corrected chi connectivity index (χ1v) is 7.29. The van der Waals surface area contributed by atoms with E-state index in [1.165, 1.54) is 71.1 Å². The van der Waals surface area contributed by atoms with E-state index in [4.69, 9.17) is 0 Å². The summed E-state index contributed by atoms with van der Waals surface area (Å²) in [5.41, 5.74) is 0. The normalized spacial score (nSPS) is 22.5. The van der Waals surface area contributed by atoms with E-state index in [0.717, 1.165) is 6.04 Å². The van der Waals surface area contributed by atoms with Gasteiger partial charge in [0.1, 0.15) is 0 Å². The van der Waals surface area contributed by atoms with E-state index in [1.54, 1.807) is 0 Å². The lowest BCUT2D eigenvalue weighted by atomic mass is 10.0. The molecule has 1 rings (SSSR count). The maximum Gasteiger partial charge on any atom is 0.0110 e. The quantitative estimate of drug-likeness (QED) is 0.640. The fraction of sp³-hybridized carbons (Fsp3) is 1.00. The summed E-state index contributed by atoms with van der Waals surface area (Å²) in [4.78, 5) is 2.64. The molecule has 0 aromatic heterocycles. The summed E-state index contributed by atoms with van der Waals surface area (Å²) in [5.74, 6) is 0. The van der Waals surface area contributed by atoms with Crippen LogP contribution in [0.3, 0.4) is 0 Å². The van der Waals surface area contributed by atoms with Crippen LogP contribution in [-0.4, -0.2) is 37.1 Å². The predicted molar refractivity (Wildman–Crippen MR) is 71.9 cm³/mol. The van der Waals surface area contributed by atoms with E-state index >= 15 is 0 Å². The second kappa shape index (κ2) is 9.00. The molecule has 2 heteroatoms. The van der Waals surface area contributed by atoms with Crippen LogP contribution >= 0.6 is 0 Å². The third kappa shape index (κ3) is 5.86. The lowest BCUT2D eigenvalue weighted by molar-refractivity contribution is 0.161. The first-order chi connectivity index (χ1) is 7.84. The van der Waals surface area contributed by atoms with E-state index in [9.17, 15) is 0 Å². The van der Waals surface area contributed by atoms with Gasteiger partial charge in [0.25, 0.3) is 0 Å². The number of likely N-dealkylation sites (tertiary alicyclic amines) is 1. The zero-order valence-corrected chi connectivity index (χ0v) is 11.3. The lowest BCUT2D eigenvalue weighted by Gasteiger charge is -2.33. The molecule has 1 unspecified atom stereocenters. The minimum atomic E-state index is 0.815. The molecule has 0 spiro atoms. The molecule has 1 fully saturated rings. The van der Waals surface area contributed by atoms with Gasteiger partial charge < -0.3 is 5.32 Å². The molecular formula is C14H30N2. The minimum Gasteiger partial charge on any atom is -0.315 e. The minimum absolute atomic E-state index is 0.815. The molecular weight excluding hydrogens is 196 g/mol. The van der Waals surface area contributed by atoms with Crippen LogP contribution in [0, 0.1) is 0 Å². The van der Waals surface area contributed by atoms with Crippen molar-refractivity contribution in [2.24, 2.45) is 0 Å². The van der Waals surface area contributed by atoms with Crippen LogP contribution < -0.4 is 5.32 Å². The Morgan fingerprint density at radius 3 is 2.75 bits per heavy atom. The number of unbranched alkanes of at least 4 members (excludes halogenated alkanes) is 3. The summed E-state index contributed by atoms with van der Waals surface area (Å²) in [7, 11) is 0. The van der Waals surface area contributed by atoms with Crippen LogP contribution in [0.4, 0.5) is 0 Å². The molecule has 2 nitrogen and oxygen atoms in total. The van der Waals surface area contributed by atoms with Crippen LogP contribution in [0.2, 0.25) is 0 Å². The summed E-state index contributed by atoms with van der Waals surface area (Å²) in [6.45, 7) is 9.60. The maximum absolute atomic E-state index is 3.57. The van der Waals surface area contributed by atoms with E-state index < -0.39 is 0 Å². The van der Waals surface area contributed by atoms with Crippen molar-refractivity contribution in [2.75, 3.05) is 26.2 Å². The van der Waals surface area contributed by atoms with Crippen molar-refractivity contribution in [1.29, 1.82) is 0 Å². The Kier molecular flexibility index (Phi) is 7.87. The highest BCUT2D eigenvalue weighted by Crippen LogP contribution is 2.15. The smallest absolute Gasteiger partial charge is 0.0110 e. The Morgan fingerprint density at radius 1 is 1.12 bits per heavy atom. The average molecular weight is 226 g/mol. The van der Waals surface area contributed by atoms with Gasteiger partial charge >= 0.3 is 0 Å². The third-order valence-electron chi connectivity index (χ3n) is 3.72. The van der Waals surface area contributed by atoms with E-state index in [1.807, 2.05) is 0 Å². The first-order valence-electron chi connectivity index (χ1n) is 7.29. The largest absolute Gasteiger partial charge is 0.315 e. The van der Waals surface area contributed by atoms with Gasteiger partial charge in [0.15, 0.2) is 0 Å². The Labute approximate surface area is 102 Å². The molecule has 96 valence electrons. The van der Waals surface area contributed by atoms with Crippen molar-refractivity contribution < 1.29 is 0 Å². The number of rotatable bonds is 8. The molecule has 0 saturated carbocycles. The zero-order chi connectivity index (χ0) is 11.6. The first kappa shape index (κ1) is 14.0. The number of hydrogen-bond acceptors (Lipinski definition) is 2. The van der Waals surface area contributed by atoms with Crippen molar-refractivity contribution in [1.82, 2.24) is 10.2 Å². The summed E-state index contributed by atoms with van der Waals surface area (Å²) in [6.07, 6.45) is 9.71. The standard InChI is InChI=1S/C14H30N2/c1-3-4-5-7-10-15-11-13-16-12-8-6-9-14(16)2/h14-15H,3-13H2,1-2H3. The monoisotopic (exact) mass is 226 g/mol. The van der Waals surface area contributed by atoms with Crippen LogP contribution in [0.25, 0.3) is 0 Å². The van der Waals surface area contributed by atoms with Gasteiger partial charge in [-0.25, -0.2) is 0 Å². The topological polar surface area (TPSA) is 15.3 Å². The van der Waals surface area contributed by atoms with Crippen molar-refractivity contribution in [3.05, 3.63) is 0 Å². The van der Waals surface area contributed by atoms with Crippen LogP contribution in [0.15, 0.2) is 0 Å². The lowest BCUT2D eigenvalue weighted by Crippen LogP contribution is -2.41. The zero-order valence-electron chi connectivity index (χ0n) is 11.3. The van der Waals surface area contributed by atoms with Gasteiger partial charge in [-0.15, -0.1) is 0 Å². The van der Waals surface area contributed by atoms with Gasteiger partial charge in [-0.05, 0) is 39.3 Å². The van der Waals surface area contributed by atoms with E-state index in [-0.39, 0.29) is 0 Å². The molecule has 1 saturated heterocycles. The SMILES string of the molecule is CCCCCCNCCN1CCCCC1C. The van der Waals surface area contributed by atoms with E-state index in [0.29, 0.717) is 0 Å². The average Bonchev–Trinajstić information content (AvgIpc) is 2.30. The molecule has 0 aliphatic carbocycles. The summed E-state index contributed by atoms with van der Waals surface area (Å²) in [5, 5.41) is 3.57. The maximum atomic E-state index is 3.57. The molecule has 0 aromatic carbocycles. The Balaban J connectivity index is 1.90. The van der Waals surface area contributed by atoms with Crippen molar-refractivity contribution in [2.45, 2.75) is 64.8 Å². The fourth-order valence-electron chi connectivity index (χ4n) is 2.51. The number of nitrogens with zero attached hydrogens (tertiary/aromatic N) is 1. The molecule has 1 N–H and O–H groups in total. The Bertz CT molecular complexity index is 159. The fourth-order valence-corrected chi connectivity index (χ4v) is 2.51. The van der Waals surface area contributed by atoms with Gasteiger partial charge in [0.05, 0.1) is 0 Å². The van der Waals surface area contributed by atoms with E-state index in [2.05, 4.69) is 24.1 Å². The van der Waals surface area contributed by atoms with Gasteiger partial charge in [0.2, 0.25) is 0 Å². The van der Waals surface area contributed by atoms with Gasteiger partial charge in [-0.3, -0.25) is 4.90 Å².